The van der Waals surface area contributed by atoms with Gasteiger partial charge in [0.15, 0.2) is 4.96 Å². The van der Waals surface area contributed by atoms with Gasteiger partial charge in [-0.25, -0.2) is 13.4 Å². The number of aromatic nitrogens is 2. The summed E-state index contributed by atoms with van der Waals surface area (Å²) in [6, 6.07) is 11.7. The first-order chi connectivity index (χ1) is 13.5. The van der Waals surface area contributed by atoms with Crippen molar-refractivity contribution in [2.75, 3.05) is 18.9 Å². The predicted molar refractivity (Wildman–Crippen MR) is 109 cm³/mol. The van der Waals surface area contributed by atoms with E-state index < -0.39 is 10.0 Å². The fourth-order valence-electron chi connectivity index (χ4n) is 2.78. The Morgan fingerprint density at radius 3 is 2.54 bits per heavy atom. The van der Waals surface area contributed by atoms with Crippen LogP contribution in [0.3, 0.4) is 0 Å². The molecule has 144 valence electrons. The zero-order valence-electron chi connectivity index (χ0n) is 15.1. The van der Waals surface area contributed by atoms with Crippen LogP contribution in [0.15, 0.2) is 65.1 Å². The molecule has 0 saturated carbocycles. The second-order valence-corrected chi connectivity index (χ2v) is 8.44. The summed E-state index contributed by atoms with van der Waals surface area (Å²) in [6.07, 6.45) is 3.88. The number of anilines is 1. The van der Waals surface area contributed by atoms with E-state index in [4.69, 9.17) is 9.47 Å². The molecule has 4 rings (SSSR count). The van der Waals surface area contributed by atoms with Crippen molar-refractivity contribution in [2.45, 2.75) is 4.90 Å². The van der Waals surface area contributed by atoms with Gasteiger partial charge in [0.05, 0.1) is 19.9 Å². The van der Waals surface area contributed by atoms with Crippen LogP contribution in [0.25, 0.3) is 16.2 Å². The van der Waals surface area contributed by atoms with E-state index >= 15 is 0 Å². The number of methoxy groups -OCH3 is 2. The fraction of sp³-hybridized carbons (Fsp3) is 0.105. The molecule has 0 bridgehead atoms. The Morgan fingerprint density at radius 2 is 1.86 bits per heavy atom. The van der Waals surface area contributed by atoms with Crippen LogP contribution >= 0.6 is 11.3 Å². The number of benzene rings is 2. The van der Waals surface area contributed by atoms with Crippen molar-refractivity contribution >= 4 is 32.0 Å². The first-order valence-corrected chi connectivity index (χ1v) is 10.6. The molecule has 0 fully saturated rings. The maximum atomic E-state index is 12.8. The van der Waals surface area contributed by atoms with Crippen LogP contribution in [0.5, 0.6) is 11.5 Å². The van der Waals surface area contributed by atoms with Crippen LogP contribution in [-0.2, 0) is 10.0 Å². The second kappa shape index (κ2) is 7.17. The molecule has 9 heteroatoms. The van der Waals surface area contributed by atoms with Gasteiger partial charge in [-0.3, -0.25) is 9.12 Å². The number of fused-ring (bicyclic) bond motifs is 1. The van der Waals surface area contributed by atoms with Gasteiger partial charge in [-0.05, 0) is 24.3 Å². The molecule has 2 heterocycles. The van der Waals surface area contributed by atoms with Crippen LogP contribution in [-0.4, -0.2) is 32.0 Å². The molecule has 2 aromatic carbocycles. The third-order valence-corrected chi connectivity index (χ3v) is 6.36. The van der Waals surface area contributed by atoms with Crippen molar-refractivity contribution < 1.29 is 17.9 Å². The first-order valence-electron chi connectivity index (χ1n) is 8.27. The smallest absolute Gasteiger partial charge is 0.265 e. The minimum Gasteiger partial charge on any atom is -0.497 e. The second-order valence-electron chi connectivity index (χ2n) is 5.92. The van der Waals surface area contributed by atoms with Crippen LogP contribution in [0.2, 0.25) is 0 Å². The normalized spacial score (nSPS) is 11.5. The number of nitrogens with zero attached hydrogens (tertiary/aromatic N) is 2. The van der Waals surface area contributed by atoms with Crippen molar-refractivity contribution in [3.8, 4) is 22.8 Å². The van der Waals surface area contributed by atoms with Gasteiger partial charge >= 0.3 is 0 Å². The van der Waals surface area contributed by atoms with E-state index in [2.05, 4.69) is 9.71 Å². The van der Waals surface area contributed by atoms with Gasteiger partial charge in [0.2, 0.25) is 0 Å². The predicted octanol–water partition coefficient (Wildman–Crippen LogP) is 3.88. The zero-order valence-corrected chi connectivity index (χ0v) is 16.8. The van der Waals surface area contributed by atoms with Crippen molar-refractivity contribution in [2.24, 2.45) is 0 Å². The van der Waals surface area contributed by atoms with Gasteiger partial charge in [-0.2, -0.15) is 0 Å². The van der Waals surface area contributed by atoms with Crippen molar-refractivity contribution in [1.82, 2.24) is 9.38 Å². The lowest BCUT2D eigenvalue weighted by Gasteiger charge is -2.13. The number of imidazole rings is 1. The van der Waals surface area contributed by atoms with Crippen molar-refractivity contribution in [3.05, 3.63) is 60.2 Å². The molecule has 0 aliphatic heterocycles. The van der Waals surface area contributed by atoms with Gasteiger partial charge in [-0.15, -0.1) is 11.3 Å². The zero-order chi connectivity index (χ0) is 19.7. The molecule has 4 aromatic rings. The molecular formula is C19H17N3O4S2. The standard InChI is InChI=1S/C19H17N3O4S2/c1-25-15-7-8-17(26-2)18(11-15)28(23,24)21-14-5-3-13(4-6-14)16-12-22-9-10-27-19(22)20-16/h3-12,21H,1-2H3. The lowest BCUT2D eigenvalue weighted by atomic mass is 10.1. The fourth-order valence-corrected chi connectivity index (χ4v) is 4.72. The third kappa shape index (κ3) is 3.41. The van der Waals surface area contributed by atoms with Gasteiger partial charge in [-0.1, -0.05) is 12.1 Å². The molecule has 2 aromatic heterocycles. The van der Waals surface area contributed by atoms with E-state index in [0.29, 0.717) is 11.4 Å². The highest BCUT2D eigenvalue weighted by Crippen LogP contribution is 2.30. The molecule has 7 nitrogen and oxygen atoms in total. The number of sulfonamides is 1. The highest BCUT2D eigenvalue weighted by atomic mass is 32.2. The number of hydrogen-bond donors (Lipinski definition) is 1. The van der Waals surface area contributed by atoms with E-state index in [1.807, 2.05) is 34.3 Å². The minimum atomic E-state index is -3.85. The summed E-state index contributed by atoms with van der Waals surface area (Å²) in [5.74, 6) is 0.666. The Morgan fingerprint density at radius 1 is 1.07 bits per heavy atom. The maximum Gasteiger partial charge on any atom is 0.265 e. The van der Waals surface area contributed by atoms with Crippen LogP contribution in [0, 0.1) is 0 Å². The molecule has 28 heavy (non-hydrogen) atoms. The SMILES string of the molecule is COc1ccc(OC)c(S(=O)(=O)Nc2ccc(-c3cn4ccsc4n3)cc2)c1. The van der Waals surface area contributed by atoms with Gasteiger partial charge in [0.1, 0.15) is 16.4 Å². The van der Waals surface area contributed by atoms with E-state index in [1.54, 1.807) is 35.6 Å². The largest absolute Gasteiger partial charge is 0.497 e. The van der Waals surface area contributed by atoms with E-state index in [0.717, 1.165) is 16.2 Å². The van der Waals surface area contributed by atoms with E-state index in [1.165, 1.54) is 20.3 Å². The van der Waals surface area contributed by atoms with Gasteiger partial charge in [0, 0.05) is 35.1 Å². The number of nitrogens with one attached hydrogen (secondary N) is 1. The summed E-state index contributed by atoms with van der Waals surface area (Å²) in [5.41, 5.74) is 2.17. The lowest BCUT2D eigenvalue weighted by molar-refractivity contribution is 0.392. The molecule has 0 atom stereocenters. The van der Waals surface area contributed by atoms with Gasteiger partial charge in [0.25, 0.3) is 10.0 Å². The van der Waals surface area contributed by atoms with Crippen LogP contribution < -0.4 is 14.2 Å². The summed E-state index contributed by atoms with van der Waals surface area (Å²) in [4.78, 5) is 5.46. The van der Waals surface area contributed by atoms with Crippen molar-refractivity contribution in [3.63, 3.8) is 0 Å². The average molecular weight is 415 g/mol. The van der Waals surface area contributed by atoms with E-state index in [9.17, 15) is 8.42 Å². The molecule has 0 aliphatic rings. The number of thiazole rings is 1. The Kier molecular flexibility index (Phi) is 4.70. The molecule has 0 saturated heterocycles. The molecule has 1 N–H and O–H groups in total. The van der Waals surface area contributed by atoms with Gasteiger partial charge < -0.3 is 9.47 Å². The molecular weight excluding hydrogens is 398 g/mol. The summed E-state index contributed by atoms with van der Waals surface area (Å²) >= 11 is 1.56. The number of rotatable bonds is 6. The monoisotopic (exact) mass is 415 g/mol. The lowest BCUT2D eigenvalue weighted by Crippen LogP contribution is -2.14. The summed E-state index contributed by atoms with van der Waals surface area (Å²) in [7, 11) is -0.952. The number of ether oxygens (including phenoxy) is 2. The molecule has 0 aliphatic carbocycles. The van der Waals surface area contributed by atoms with Crippen LogP contribution in [0.4, 0.5) is 5.69 Å². The maximum absolute atomic E-state index is 12.8. The Labute approximate surface area is 166 Å². The molecule has 0 amide bonds. The quantitative estimate of drug-likeness (QED) is 0.517. The van der Waals surface area contributed by atoms with Crippen LogP contribution in [0.1, 0.15) is 0 Å². The summed E-state index contributed by atoms with van der Waals surface area (Å²) < 4.78 is 40.5. The minimum absolute atomic E-state index is 0.00719. The first kappa shape index (κ1) is 18.3. The molecule has 0 unspecified atom stereocenters. The number of hydrogen-bond acceptors (Lipinski definition) is 6. The summed E-state index contributed by atoms with van der Waals surface area (Å²) in [5, 5.41) is 1.97. The van der Waals surface area contributed by atoms with Crippen molar-refractivity contribution in [1.29, 1.82) is 0 Å². The van der Waals surface area contributed by atoms with E-state index in [-0.39, 0.29) is 10.6 Å². The highest BCUT2D eigenvalue weighted by molar-refractivity contribution is 7.92. The highest BCUT2D eigenvalue weighted by Gasteiger charge is 2.21. The Hall–Kier alpha value is -3.04. The summed E-state index contributed by atoms with van der Waals surface area (Å²) in [6.45, 7) is 0. The topological polar surface area (TPSA) is 81.9 Å². The Balaban J connectivity index is 1.61. The third-order valence-electron chi connectivity index (χ3n) is 4.19. The molecule has 0 radical (unpaired) electrons. The Bertz CT molecular complexity index is 1200. The average Bonchev–Trinajstić information content (AvgIpc) is 3.30. The molecule has 0 spiro atoms.